The molecule has 156 valence electrons. The molecule has 0 spiro atoms. The van der Waals surface area contributed by atoms with Gasteiger partial charge in [-0.3, -0.25) is 4.90 Å². The summed E-state index contributed by atoms with van der Waals surface area (Å²) >= 11 is 0. The summed E-state index contributed by atoms with van der Waals surface area (Å²) in [5, 5.41) is 8.89. The van der Waals surface area contributed by atoms with E-state index in [9.17, 15) is 0 Å². The molecule has 2 aromatic heterocycles. The van der Waals surface area contributed by atoms with Crippen LogP contribution in [0.15, 0.2) is 24.4 Å². The van der Waals surface area contributed by atoms with E-state index < -0.39 is 0 Å². The van der Waals surface area contributed by atoms with Crippen LogP contribution >= 0.6 is 0 Å². The summed E-state index contributed by atoms with van der Waals surface area (Å²) in [4.78, 5) is 16.7. The zero-order valence-electron chi connectivity index (χ0n) is 17.8. The zero-order valence-corrected chi connectivity index (χ0v) is 17.8. The summed E-state index contributed by atoms with van der Waals surface area (Å²) in [5.41, 5.74) is 2.14. The van der Waals surface area contributed by atoms with Crippen molar-refractivity contribution in [3.63, 3.8) is 0 Å². The standard InChI is InChI=1S/C22H33N7/c1-3-19-20(4-2)25-26-22(24-19)29-11-7-8-18(17-29)16-27-12-14-28(15-13-27)21-9-5-6-10-23-21/h5-6,9-10,18H,3-4,7-8,11-17H2,1-2H3. The molecular weight excluding hydrogens is 362 g/mol. The van der Waals surface area contributed by atoms with Gasteiger partial charge in [-0.25, -0.2) is 9.97 Å². The number of aryl methyl sites for hydroxylation is 2. The van der Waals surface area contributed by atoms with Crippen LogP contribution in [-0.2, 0) is 12.8 Å². The lowest BCUT2D eigenvalue weighted by Crippen LogP contribution is -2.50. The van der Waals surface area contributed by atoms with Gasteiger partial charge in [-0.15, -0.1) is 5.10 Å². The Hall–Kier alpha value is -2.28. The van der Waals surface area contributed by atoms with E-state index >= 15 is 0 Å². The van der Waals surface area contributed by atoms with Crippen LogP contribution in [0.2, 0.25) is 0 Å². The van der Waals surface area contributed by atoms with E-state index in [4.69, 9.17) is 4.98 Å². The molecule has 4 heterocycles. The minimum absolute atomic E-state index is 0.671. The average Bonchev–Trinajstić information content (AvgIpc) is 2.80. The van der Waals surface area contributed by atoms with Gasteiger partial charge in [0.2, 0.25) is 5.95 Å². The van der Waals surface area contributed by atoms with Gasteiger partial charge in [0.15, 0.2) is 0 Å². The highest BCUT2D eigenvalue weighted by Gasteiger charge is 2.26. The molecule has 0 radical (unpaired) electrons. The summed E-state index contributed by atoms with van der Waals surface area (Å²) < 4.78 is 0. The lowest BCUT2D eigenvalue weighted by molar-refractivity contribution is 0.205. The normalized spacial score (nSPS) is 20.8. The minimum atomic E-state index is 0.671. The Labute approximate surface area is 174 Å². The lowest BCUT2D eigenvalue weighted by atomic mass is 9.97. The molecule has 2 aromatic rings. The van der Waals surface area contributed by atoms with E-state index in [0.717, 1.165) is 81.8 Å². The number of nitrogens with zero attached hydrogens (tertiary/aromatic N) is 7. The molecule has 4 rings (SSSR count). The molecule has 7 nitrogen and oxygen atoms in total. The van der Waals surface area contributed by atoms with Crippen molar-refractivity contribution in [2.75, 3.05) is 55.6 Å². The molecule has 2 aliphatic heterocycles. The van der Waals surface area contributed by atoms with Gasteiger partial charge in [0, 0.05) is 52.0 Å². The largest absolute Gasteiger partial charge is 0.354 e. The van der Waals surface area contributed by atoms with Crippen LogP contribution in [0.3, 0.4) is 0 Å². The van der Waals surface area contributed by atoms with Gasteiger partial charge in [-0.05, 0) is 43.7 Å². The van der Waals surface area contributed by atoms with Crippen molar-refractivity contribution in [2.24, 2.45) is 5.92 Å². The summed E-state index contributed by atoms with van der Waals surface area (Å²) in [7, 11) is 0. The van der Waals surface area contributed by atoms with Crippen molar-refractivity contribution in [1.82, 2.24) is 25.1 Å². The Morgan fingerprint density at radius 2 is 1.76 bits per heavy atom. The first-order chi connectivity index (χ1) is 14.3. The topological polar surface area (TPSA) is 61.3 Å². The van der Waals surface area contributed by atoms with Crippen LogP contribution in [0.5, 0.6) is 0 Å². The summed E-state index contributed by atoms with van der Waals surface area (Å²) in [5.74, 6) is 2.59. The van der Waals surface area contributed by atoms with Crippen LogP contribution in [0.4, 0.5) is 11.8 Å². The summed E-state index contributed by atoms with van der Waals surface area (Å²) in [6.45, 7) is 11.8. The Bertz CT molecular complexity index is 774. The van der Waals surface area contributed by atoms with Crippen molar-refractivity contribution < 1.29 is 0 Å². The number of hydrogen-bond acceptors (Lipinski definition) is 7. The van der Waals surface area contributed by atoms with Gasteiger partial charge >= 0.3 is 0 Å². The Kier molecular flexibility index (Phi) is 6.54. The van der Waals surface area contributed by atoms with E-state index in [2.05, 4.69) is 55.9 Å². The maximum absolute atomic E-state index is 4.84. The first kappa shape index (κ1) is 20.0. The monoisotopic (exact) mass is 395 g/mol. The molecule has 0 amide bonds. The van der Waals surface area contributed by atoms with Gasteiger partial charge in [-0.2, -0.15) is 5.10 Å². The number of aromatic nitrogens is 4. The molecule has 0 N–H and O–H groups in total. The maximum Gasteiger partial charge on any atom is 0.245 e. The fourth-order valence-electron chi connectivity index (χ4n) is 4.52. The van der Waals surface area contributed by atoms with E-state index in [-0.39, 0.29) is 0 Å². The van der Waals surface area contributed by atoms with Crippen molar-refractivity contribution in [2.45, 2.75) is 39.5 Å². The summed E-state index contributed by atoms with van der Waals surface area (Å²) in [6.07, 6.45) is 6.20. The van der Waals surface area contributed by atoms with Crippen molar-refractivity contribution in [3.8, 4) is 0 Å². The number of anilines is 2. The Morgan fingerprint density at radius 1 is 0.931 bits per heavy atom. The predicted molar refractivity (Wildman–Crippen MR) is 116 cm³/mol. The van der Waals surface area contributed by atoms with Gasteiger partial charge in [0.05, 0.1) is 11.4 Å². The molecule has 2 saturated heterocycles. The third-order valence-electron chi connectivity index (χ3n) is 6.16. The number of piperidine rings is 1. The van der Waals surface area contributed by atoms with Gasteiger partial charge < -0.3 is 9.80 Å². The second-order valence-electron chi connectivity index (χ2n) is 8.14. The van der Waals surface area contributed by atoms with Crippen LogP contribution in [-0.4, -0.2) is 70.9 Å². The average molecular weight is 396 g/mol. The maximum atomic E-state index is 4.84. The Morgan fingerprint density at radius 3 is 2.48 bits per heavy atom. The first-order valence-corrected chi connectivity index (χ1v) is 11.1. The molecule has 7 heteroatoms. The SMILES string of the molecule is CCc1nnc(N2CCCC(CN3CCN(c4ccccn4)CC3)C2)nc1CC. The molecule has 0 saturated carbocycles. The highest BCUT2D eigenvalue weighted by molar-refractivity contribution is 5.38. The van der Waals surface area contributed by atoms with E-state index in [1.165, 1.54) is 12.8 Å². The molecular formula is C22H33N7. The van der Waals surface area contributed by atoms with E-state index in [1.54, 1.807) is 0 Å². The highest BCUT2D eigenvalue weighted by Crippen LogP contribution is 2.23. The van der Waals surface area contributed by atoms with E-state index in [1.807, 2.05) is 12.3 Å². The first-order valence-electron chi connectivity index (χ1n) is 11.1. The van der Waals surface area contributed by atoms with Crippen LogP contribution in [0.1, 0.15) is 38.1 Å². The zero-order chi connectivity index (χ0) is 20.1. The molecule has 0 aromatic carbocycles. The third kappa shape index (κ3) is 4.83. The molecule has 0 aliphatic carbocycles. The highest BCUT2D eigenvalue weighted by atomic mass is 15.3. The predicted octanol–water partition coefficient (Wildman–Crippen LogP) is 2.43. The number of piperazine rings is 1. The third-order valence-corrected chi connectivity index (χ3v) is 6.16. The minimum Gasteiger partial charge on any atom is -0.354 e. The molecule has 2 fully saturated rings. The smallest absolute Gasteiger partial charge is 0.245 e. The van der Waals surface area contributed by atoms with Crippen molar-refractivity contribution >= 4 is 11.8 Å². The van der Waals surface area contributed by atoms with Crippen LogP contribution < -0.4 is 9.80 Å². The second-order valence-corrected chi connectivity index (χ2v) is 8.14. The van der Waals surface area contributed by atoms with Gasteiger partial charge in [-0.1, -0.05) is 19.9 Å². The second kappa shape index (κ2) is 9.48. The summed E-state index contributed by atoms with van der Waals surface area (Å²) in [6, 6.07) is 6.16. The number of rotatable bonds is 6. The van der Waals surface area contributed by atoms with E-state index in [0.29, 0.717) is 5.92 Å². The van der Waals surface area contributed by atoms with Crippen LogP contribution in [0, 0.1) is 5.92 Å². The lowest BCUT2D eigenvalue weighted by Gasteiger charge is -2.39. The van der Waals surface area contributed by atoms with Crippen LogP contribution in [0.25, 0.3) is 0 Å². The molecule has 0 bridgehead atoms. The Balaban J connectivity index is 1.32. The quantitative estimate of drug-likeness (QED) is 0.744. The van der Waals surface area contributed by atoms with Crippen molar-refractivity contribution in [3.05, 3.63) is 35.8 Å². The number of hydrogen-bond donors (Lipinski definition) is 0. The number of pyridine rings is 1. The van der Waals surface area contributed by atoms with Gasteiger partial charge in [0.25, 0.3) is 0 Å². The molecule has 29 heavy (non-hydrogen) atoms. The molecule has 1 unspecified atom stereocenters. The molecule has 1 atom stereocenters. The van der Waals surface area contributed by atoms with Gasteiger partial charge in [0.1, 0.15) is 5.82 Å². The van der Waals surface area contributed by atoms with Crippen molar-refractivity contribution in [1.29, 1.82) is 0 Å². The fourth-order valence-corrected chi connectivity index (χ4v) is 4.52. The molecule has 2 aliphatic rings. The fraction of sp³-hybridized carbons (Fsp3) is 0.636.